The lowest BCUT2D eigenvalue weighted by Gasteiger charge is -2.11. The average Bonchev–Trinajstić information content (AvgIpc) is 2.84. The first-order valence-corrected chi connectivity index (χ1v) is 10.8. The first kappa shape index (κ1) is 25.3. The largest absolute Gasteiger partial charge is 0.493 e. The number of carbonyl (C=O) groups is 3. The predicted octanol–water partition coefficient (Wildman–Crippen LogP) is 3.76. The molecule has 3 aromatic rings. The van der Waals surface area contributed by atoms with Crippen molar-refractivity contribution in [2.24, 2.45) is 5.10 Å². The highest BCUT2D eigenvalue weighted by molar-refractivity contribution is 6.41. The lowest BCUT2D eigenvalue weighted by molar-refractivity contribution is -0.136. The van der Waals surface area contributed by atoms with Crippen molar-refractivity contribution in [1.29, 1.82) is 0 Å². The number of para-hydroxylation sites is 1. The molecule has 0 heterocycles. The van der Waals surface area contributed by atoms with E-state index in [1.807, 2.05) is 25.1 Å². The lowest BCUT2D eigenvalue weighted by Crippen LogP contribution is -2.32. The second kappa shape index (κ2) is 12.2. The zero-order valence-electron chi connectivity index (χ0n) is 19.0. The van der Waals surface area contributed by atoms with E-state index in [4.69, 9.17) is 21.1 Å². The van der Waals surface area contributed by atoms with Crippen LogP contribution in [-0.2, 0) is 14.4 Å². The molecule has 0 fully saturated rings. The fourth-order valence-electron chi connectivity index (χ4n) is 2.90. The third kappa shape index (κ3) is 7.58. The maximum absolute atomic E-state index is 12.2. The summed E-state index contributed by atoms with van der Waals surface area (Å²) in [5.74, 6) is -1.48. The number of hydrazone groups is 1. The second-order valence-corrected chi connectivity index (χ2v) is 7.66. The molecule has 0 aliphatic carbocycles. The van der Waals surface area contributed by atoms with Gasteiger partial charge in [-0.05, 0) is 60.5 Å². The highest BCUT2D eigenvalue weighted by atomic mass is 35.5. The van der Waals surface area contributed by atoms with Crippen LogP contribution in [0.25, 0.3) is 0 Å². The highest BCUT2D eigenvalue weighted by Gasteiger charge is 2.14. The molecule has 10 heteroatoms. The Balaban J connectivity index is 1.53. The van der Waals surface area contributed by atoms with E-state index in [9.17, 15) is 14.4 Å². The van der Waals surface area contributed by atoms with Crippen LogP contribution >= 0.6 is 11.6 Å². The Kier molecular flexibility index (Phi) is 8.80. The van der Waals surface area contributed by atoms with Crippen LogP contribution in [0.3, 0.4) is 0 Å². The number of halogens is 1. The van der Waals surface area contributed by atoms with Crippen LogP contribution in [0, 0.1) is 6.92 Å². The number of ether oxygens (including phenoxy) is 2. The highest BCUT2D eigenvalue weighted by Crippen LogP contribution is 2.27. The van der Waals surface area contributed by atoms with Gasteiger partial charge in [-0.3, -0.25) is 14.4 Å². The molecule has 0 bridgehead atoms. The average molecular weight is 495 g/mol. The Labute approximate surface area is 207 Å². The Hall–Kier alpha value is -4.37. The maximum Gasteiger partial charge on any atom is 0.329 e. The number of hydrogen-bond donors (Lipinski definition) is 3. The Morgan fingerprint density at radius 3 is 2.49 bits per heavy atom. The molecule has 35 heavy (non-hydrogen) atoms. The predicted molar refractivity (Wildman–Crippen MR) is 134 cm³/mol. The molecular weight excluding hydrogens is 472 g/mol. The van der Waals surface area contributed by atoms with E-state index >= 15 is 0 Å². The van der Waals surface area contributed by atoms with Gasteiger partial charge in [0.2, 0.25) is 0 Å². The van der Waals surface area contributed by atoms with Crippen LogP contribution in [-0.4, -0.2) is 37.7 Å². The van der Waals surface area contributed by atoms with E-state index in [0.717, 1.165) is 5.56 Å². The summed E-state index contributed by atoms with van der Waals surface area (Å²) in [4.78, 5) is 36.1. The van der Waals surface area contributed by atoms with Gasteiger partial charge < -0.3 is 20.1 Å². The fraction of sp³-hybridized carbons (Fsp3) is 0.120. The Bertz CT molecular complexity index is 1260. The molecule has 0 saturated carbocycles. The number of benzene rings is 3. The summed E-state index contributed by atoms with van der Waals surface area (Å²) in [5, 5.41) is 9.25. The van der Waals surface area contributed by atoms with Gasteiger partial charge >= 0.3 is 11.8 Å². The van der Waals surface area contributed by atoms with E-state index < -0.39 is 11.8 Å². The lowest BCUT2D eigenvalue weighted by atomic mass is 10.2. The van der Waals surface area contributed by atoms with Gasteiger partial charge in [-0.25, -0.2) is 5.43 Å². The number of hydrogen-bond acceptors (Lipinski definition) is 6. The van der Waals surface area contributed by atoms with Crippen molar-refractivity contribution in [3.63, 3.8) is 0 Å². The van der Waals surface area contributed by atoms with E-state index in [1.165, 1.54) is 13.3 Å². The number of nitrogens with zero attached hydrogens (tertiary/aromatic N) is 1. The minimum absolute atomic E-state index is 0.214. The summed E-state index contributed by atoms with van der Waals surface area (Å²) in [5.41, 5.74) is 4.72. The molecule has 180 valence electrons. The topological polar surface area (TPSA) is 118 Å². The quantitative estimate of drug-likeness (QED) is 0.250. The van der Waals surface area contributed by atoms with Crippen LogP contribution in [0.2, 0.25) is 5.02 Å². The van der Waals surface area contributed by atoms with Crippen molar-refractivity contribution in [2.45, 2.75) is 6.92 Å². The van der Waals surface area contributed by atoms with Gasteiger partial charge in [0.05, 0.1) is 24.0 Å². The minimum atomic E-state index is -0.965. The van der Waals surface area contributed by atoms with Gasteiger partial charge in [0.25, 0.3) is 5.91 Å². The van der Waals surface area contributed by atoms with Gasteiger partial charge in [0, 0.05) is 5.69 Å². The monoisotopic (exact) mass is 494 g/mol. The van der Waals surface area contributed by atoms with Gasteiger partial charge in [0.1, 0.15) is 0 Å². The first-order chi connectivity index (χ1) is 16.9. The fourth-order valence-corrected chi connectivity index (χ4v) is 3.09. The van der Waals surface area contributed by atoms with Crippen LogP contribution in [0.1, 0.15) is 11.1 Å². The number of carbonyl (C=O) groups excluding carboxylic acids is 3. The molecule has 9 nitrogen and oxygen atoms in total. The molecule has 3 amide bonds. The summed E-state index contributed by atoms with van der Waals surface area (Å²) in [6.07, 6.45) is 1.33. The summed E-state index contributed by atoms with van der Waals surface area (Å²) >= 11 is 5.96. The molecule has 0 radical (unpaired) electrons. The first-order valence-electron chi connectivity index (χ1n) is 10.4. The summed E-state index contributed by atoms with van der Waals surface area (Å²) in [6.45, 7) is 1.72. The number of nitrogens with one attached hydrogen (secondary N) is 3. The van der Waals surface area contributed by atoms with Crippen LogP contribution in [0.4, 0.5) is 11.4 Å². The second-order valence-electron chi connectivity index (χ2n) is 7.25. The summed E-state index contributed by atoms with van der Waals surface area (Å²) < 4.78 is 10.9. The van der Waals surface area contributed by atoms with E-state index in [0.29, 0.717) is 33.5 Å². The van der Waals surface area contributed by atoms with E-state index in [1.54, 1.807) is 48.5 Å². The van der Waals surface area contributed by atoms with Crippen LogP contribution < -0.4 is 25.5 Å². The summed E-state index contributed by atoms with van der Waals surface area (Å²) in [6, 6.07) is 18.8. The third-order valence-electron chi connectivity index (χ3n) is 4.56. The van der Waals surface area contributed by atoms with Gasteiger partial charge in [0.15, 0.2) is 18.1 Å². The molecule has 0 aliphatic heterocycles. The van der Waals surface area contributed by atoms with Gasteiger partial charge in [-0.1, -0.05) is 35.9 Å². The zero-order valence-corrected chi connectivity index (χ0v) is 19.8. The number of aryl methyl sites for hydroxylation is 1. The number of methoxy groups -OCH3 is 1. The molecule has 3 rings (SSSR count). The van der Waals surface area contributed by atoms with Crippen molar-refractivity contribution in [3.8, 4) is 11.5 Å². The number of amides is 3. The van der Waals surface area contributed by atoms with Crippen molar-refractivity contribution >= 4 is 46.9 Å². The molecular formula is C25H23ClN4O5. The van der Waals surface area contributed by atoms with Gasteiger partial charge in [-0.15, -0.1) is 0 Å². The molecule has 3 N–H and O–H groups in total. The van der Waals surface area contributed by atoms with Crippen LogP contribution in [0.5, 0.6) is 11.5 Å². The molecule has 0 saturated heterocycles. The van der Waals surface area contributed by atoms with Gasteiger partial charge in [-0.2, -0.15) is 5.10 Å². The molecule has 0 unspecified atom stereocenters. The Morgan fingerprint density at radius 1 is 0.943 bits per heavy atom. The van der Waals surface area contributed by atoms with Crippen molar-refractivity contribution in [2.75, 3.05) is 24.4 Å². The SMILES string of the molecule is COc1cc(/C=N\NC(=O)C(=O)Nc2ccccc2Cl)ccc1OCC(=O)Nc1cccc(C)c1. The number of rotatable bonds is 8. The normalized spacial score (nSPS) is 10.5. The molecule has 0 aromatic heterocycles. The van der Waals surface area contributed by atoms with E-state index in [-0.39, 0.29) is 12.5 Å². The zero-order chi connectivity index (χ0) is 25.2. The third-order valence-corrected chi connectivity index (χ3v) is 4.89. The summed E-state index contributed by atoms with van der Waals surface area (Å²) in [7, 11) is 1.46. The smallest absolute Gasteiger partial charge is 0.329 e. The van der Waals surface area contributed by atoms with Crippen molar-refractivity contribution in [3.05, 3.63) is 82.9 Å². The molecule has 0 atom stereocenters. The van der Waals surface area contributed by atoms with Crippen molar-refractivity contribution in [1.82, 2.24) is 5.43 Å². The molecule has 0 spiro atoms. The van der Waals surface area contributed by atoms with Crippen LogP contribution in [0.15, 0.2) is 71.8 Å². The number of anilines is 2. The van der Waals surface area contributed by atoms with E-state index in [2.05, 4.69) is 21.2 Å². The minimum Gasteiger partial charge on any atom is -0.493 e. The van der Waals surface area contributed by atoms with Crippen molar-refractivity contribution < 1.29 is 23.9 Å². The standard InChI is InChI=1S/C25H23ClN4O5/c1-16-6-5-7-18(12-16)28-23(31)15-35-21-11-10-17(13-22(21)34-2)14-27-30-25(33)24(32)29-20-9-4-3-8-19(20)26/h3-14H,15H2,1-2H3,(H,28,31)(H,29,32)(H,30,33)/b27-14-. The molecule has 0 aliphatic rings. The Morgan fingerprint density at radius 2 is 1.74 bits per heavy atom. The maximum atomic E-state index is 12.2. The molecule has 3 aromatic carbocycles.